The average molecular weight is 355 g/mol. The average Bonchev–Trinajstić information content (AvgIpc) is 2.42. The number of carbonyl (C=O) groups is 1. The topological polar surface area (TPSA) is 29.1 Å². The summed E-state index contributed by atoms with van der Waals surface area (Å²) < 4.78 is 14.2. The Kier molecular flexibility index (Phi) is 4.93. The number of benzene rings is 2. The third-order valence-electron chi connectivity index (χ3n) is 2.53. The molecule has 0 heterocycles. The molecule has 0 aliphatic heterocycles. The van der Waals surface area contributed by atoms with E-state index in [1.807, 2.05) is 0 Å². The molecule has 2 aromatic carbocycles. The summed E-state index contributed by atoms with van der Waals surface area (Å²) in [5, 5.41) is 3.30. The van der Waals surface area contributed by atoms with Crippen LogP contribution in [0, 0.1) is 5.82 Å². The molecule has 0 fully saturated rings. The van der Waals surface area contributed by atoms with Gasteiger partial charge in [0.25, 0.3) is 0 Å². The van der Waals surface area contributed by atoms with E-state index >= 15 is 0 Å². The first-order valence-electron chi connectivity index (χ1n) is 5.74. The smallest absolute Gasteiger partial charge is 0.187 e. The highest BCUT2D eigenvalue weighted by atomic mass is 79.9. The molecule has 0 aromatic heterocycles. The van der Waals surface area contributed by atoms with Crippen molar-refractivity contribution in [3.8, 4) is 0 Å². The molecule has 2 rings (SSSR count). The predicted octanol–water partition coefficient (Wildman–Crippen LogP) is 5.05. The standard InChI is InChI=1S/C15H10BrClFNO/c16-11-3-6-14(13(18)9-11)19-8-7-15(20)10-1-4-12(17)5-2-10/h1-9,19H. The van der Waals surface area contributed by atoms with Crippen LogP contribution in [0.15, 0.2) is 59.2 Å². The van der Waals surface area contributed by atoms with E-state index in [9.17, 15) is 9.18 Å². The summed E-state index contributed by atoms with van der Waals surface area (Å²) in [7, 11) is 0. The number of carbonyl (C=O) groups excluding carboxylic acids is 1. The van der Waals surface area contributed by atoms with E-state index in [0.29, 0.717) is 20.7 Å². The number of ketones is 1. The molecule has 0 bridgehead atoms. The molecule has 2 nitrogen and oxygen atoms in total. The minimum Gasteiger partial charge on any atom is -0.359 e. The van der Waals surface area contributed by atoms with Gasteiger partial charge in [-0.15, -0.1) is 0 Å². The van der Waals surface area contributed by atoms with Crippen molar-refractivity contribution in [1.82, 2.24) is 0 Å². The molecule has 1 N–H and O–H groups in total. The summed E-state index contributed by atoms with van der Waals surface area (Å²) in [6.45, 7) is 0. The van der Waals surface area contributed by atoms with Gasteiger partial charge < -0.3 is 5.32 Å². The second-order valence-corrected chi connectivity index (χ2v) is 5.33. The van der Waals surface area contributed by atoms with E-state index in [1.165, 1.54) is 18.3 Å². The van der Waals surface area contributed by atoms with Crippen molar-refractivity contribution >= 4 is 39.0 Å². The summed E-state index contributed by atoms with van der Waals surface area (Å²) in [5.74, 6) is -0.588. The maximum Gasteiger partial charge on any atom is 0.187 e. The predicted molar refractivity (Wildman–Crippen MR) is 82.6 cm³/mol. The molecule has 0 saturated carbocycles. The molecule has 102 valence electrons. The van der Waals surface area contributed by atoms with Gasteiger partial charge in [-0.05, 0) is 42.5 Å². The van der Waals surface area contributed by atoms with E-state index in [2.05, 4.69) is 21.2 Å². The first kappa shape index (κ1) is 14.8. The van der Waals surface area contributed by atoms with E-state index in [-0.39, 0.29) is 5.78 Å². The van der Waals surface area contributed by atoms with Gasteiger partial charge in [-0.3, -0.25) is 4.79 Å². The quantitative estimate of drug-likeness (QED) is 0.615. The lowest BCUT2D eigenvalue weighted by molar-refractivity contribution is 0.104. The van der Waals surface area contributed by atoms with E-state index in [0.717, 1.165) is 0 Å². The fourth-order valence-corrected chi connectivity index (χ4v) is 1.98. The summed E-state index contributed by atoms with van der Waals surface area (Å²) in [4.78, 5) is 11.8. The van der Waals surface area contributed by atoms with Crippen molar-refractivity contribution in [3.05, 3.63) is 75.6 Å². The largest absolute Gasteiger partial charge is 0.359 e. The zero-order valence-electron chi connectivity index (χ0n) is 10.2. The zero-order chi connectivity index (χ0) is 14.5. The molecule has 0 unspecified atom stereocenters. The number of anilines is 1. The fraction of sp³-hybridized carbons (Fsp3) is 0. The Morgan fingerprint density at radius 2 is 1.90 bits per heavy atom. The van der Waals surface area contributed by atoms with Crippen molar-refractivity contribution < 1.29 is 9.18 Å². The van der Waals surface area contributed by atoms with Crippen molar-refractivity contribution in [2.24, 2.45) is 0 Å². The number of allylic oxidation sites excluding steroid dienone is 1. The fourth-order valence-electron chi connectivity index (χ4n) is 1.52. The van der Waals surface area contributed by atoms with E-state index < -0.39 is 5.82 Å². The second-order valence-electron chi connectivity index (χ2n) is 3.97. The molecule has 0 radical (unpaired) electrons. The van der Waals surface area contributed by atoms with E-state index in [1.54, 1.807) is 36.4 Å². The number of nitrogens with one attached hydrogen (secondary N) is 1. The molecule has 0 atom stereocenters. The van der Waals surface area contributed by atoms with Crippen LogP contribution in [0.2, 0.25) is 5.02 Å². The van der Waals surface area contributed by atoms with E-state index in [4.69, 9.17) is 11.6 Å². The van der Waals surface area contributed by atoms with Crippen molar-refractivity contribution in [1.29, 1.82) is 0 Å². The van der Waals surface area contributed by atoms with Crippen molar-refractivity contribution in [3.63, 3.8) is 0 Å². The first-order valence-corrected chi connectivity index (χ1v) is 6.91. The lowest BCUT2D eigenvalue weighted by Crippen LogP contribution is -1.97. The van der Waals surface area contributed by atoms with Gasteiger partial charge in [-0.25, -0.2) is 4.39 Å². The summed E-state index contributed by atoms with van der Waals surface area (Å²) in [6.07, 6.45) is 2.74. The third-order valence-corrected chi connectivity index (χ3v) is 3.28. The van der Waals surface area contributed by atoms with Crippen LogP contribution >= 0.6 is 27.5 Å². The summed E-state index contributed by atoms with van der Waals surface area (Å²) in [6, 6.07) is 11.2. The van der Waals surface area contributed by atoms with Gasteiger partial charge in [0.15, 0.2) is 5.78 Å². The molecule has 0 aliphatic carbocycles. The normalized spacial score (nSPS) is 10.8. The van der Waals surface area contributed by atoms with Gasteiger partial charge in [-0.2, -0.15) is 0 Å². The van der Waals surface area contributed by atoms with Crippen LogP contribution in [0.4, 0.5) is 10.1 Å². The molecular weight excluding hydrogens is 345 g/mol. The van der Waals surface area contributed by atoms with Crippen LogP contribution in [0.1, 0.15) is 10.4 Å². The Bertz CT molecular complexity index is 655. The van der Waals surface area contributed by atoms with Gasteiger partial charge >= 0.3 is 0 Å². The maximum atomic E-state index is 13.5. The highest BCUT2D eigenvalue weighted by Crippen LogP contribution is 2.19. The molecule has 0 saturated heterocycles. The Morgan fingerprint density at radius 1 is 1.20 bits per heavy atom. The third kappa shape index (κ3) is 3.92. The Balaban J connectivity index is 2.02. The first-order chi connectivity index (χ1) is 9.56. The monoisotopic (exact) mass is 353 g/mol. The Morgan fingerprint density at radius 3 is 2.55 bits per heavy atom. The second kappa shape index (κ2) is 6.68. The van der Waals surface area contributed by atoms with Crippen LogP contribution in [0.25, 0.3) is 0 Å². The van der Waals surface area contributed by atoms with Gasteiger partial charge in [0.1, 0.15) is 5.82 Å². The molecule has 20 heavy (non-hydrogen) atoms. The number of hydrogen-bond donors (Lipinski definition) is 1. The minimum atomic E-state index is -0.400. The lowest BCUT2D eigenvalue weighted by atomic mass is 10.1. The molecule has 2 aromatic rings. The highest BCUT2D eigenvalue weighted by molar-refractivity contribution is 9.10. The van der Waals surface area contributed by atoms with Gasteiger partial charge in [0, 0.05) is 27.3 Å². The molecular formula is C15H10BrClFNO. The van der Waals surface area contributed by atoms with Crippen LogP contribution in [-0.2, 0) is 0 Å². The molecule has 0 amide bonds. The van der Waals surface area contributed by atoms with Crippen LogP contribution in [-0.4, -0.2) is 5.78 Å². The summed E-state index contributed by atoms with van der Waals surface area (Å²) >= 11 is 8.92. The van der Waals surface area contributed by atoms with Crippen molar-refractivity contribution in [2.45, 2.75) is 0 Å². The van der Waals surface area contributed by atoms with Crippen LogP contribution in [0.3, 0.4) is 0 Å². The number of halogens is 3. The minimum absolute atomic E-state index is 0.188. The van der Waals surface area contributed by atoms with Crippen LogP contribution in [0.5, 0.6) is 0 Å². The van der Waals surface area contributed by atoms with Gasteiger partial charge in [0.2, 0.25) is 0 Å². The van der Waals surface area contributed by atoms with Crippen LogP contribution < -0.4 is 5.32 Å². The molecule has 0 spiro atoms. The Hall–Kier alpha value is -1.65. The SMILES string of the molecule is O=C(C=CNc1ccc(Br)cc1F)c1ccc(Cl)cc1. The summed E-state index contributed by atoms with van der Waals surface area (Å²) in [5.41, 5.74) is 0.817. The molecule has 0 aliphatic rings. The molecule has 5 heteroatoms. The number of hydrogen-bond acceptors (Lipinski definition) is 2. The Labute approximate surface area is 129 Å². The van der Waals surface area contributed by atoms with Crippen molar-refractivity contribution in [2.75, 3.05) is 5.32 Å². The van der Waals surface area contributed by atoms with Gasteiger partial charge in [0.05, 0.1) is 5.69 Å². The number of rotatable bonds is 4. The zero-order valence-corrected chi connectivity index (χ0v) is 12.6. The van der Waals surface area contributed by atoms with Gasteiger partial charge in [-0.1, -0.05) is 27.5 Å². The lowest BCUT2D eigenvalue weighted by Gasteiger charge is -2.02. The maximum absolute atomic E-state index is 13.5. The highest BCUT2D eigenvalue weighted by Gasteiger charge is 2.02.